The van der Waals surface area contributed by atoms with E-state index in [1.54, 1.807) is 13.1 Å². The number of para-hydroxylation sites is 1. The van der Waals surface area contributed by atoms with Crippen LogP contribution in [0.25, 0.3) is 0 Å². The fraction of sp³-hybridized carbons (Fsp3) is 0.500. The number of benzene rings is 1. The molecule has 0 saturated carbocycles. The monoisotopic (exact) mass is 387 g/mol. The number of rotatable bonds is 5. The van der Waals surface area contributed by atoms with Crippen LogP contribution >= 0.6 is 0 Å². The second kappa shape index (κ2) is 9.05. The number of hydrogen-bond donors (Lipinski definition) is 1. The molecule has 1 aromatic carbocycles. The van der Waals surface area contributed by atoms with E-state index in [-0.39, 0.29) is 11.9 Å². The highest BCUT2D eigenvalue weighted by molar-refractivity contribution is 5.80. The molecule has 152 valence electrons. The summed E-state index contributed by atoms with van der Waals surface area (Å²) in [6, 6.07) is 7.16. The van der Waals surface area contributed by atoms with Crippen LogP contribution in [0, 0.1) is 5.82 Å². The molecule has 2 heterocycles. The number of likely N-dealkylation sites (N-methyl/N-ethyl adjacent to an activating group) is 1. The number of nitrogens with zero attached hydrogens (tertiary/aromatic N) is 6. The third-order valence-electron chi connectivity index (χ3n) is 5.17. The average Bonchev–Trinajstić information content (AvgIpc) is 3.11. The van der Waals surface area contributed by atoms with Crippen molar-refractivity contribution in [3.05, 3.63) is 48.0 Å². The summed E-state index contributed by atoms with van der Waals surface area (Å²) in [5.74, 6) is 0.715. The molecule has 0 aliphatic carbocycles. The van der Waals surface area contributed by atoms with Crippen molar-refractivity contribution in [1.29, 1.82) is 0 Å². The molecule has 7 nitrogen and oxygen atoms in total. The lowest BCUT2D eigenvalue weighted by atomic mass is 10.1. The summed E-state index contributed by atoms with van der Waals surface area (Å²) in [6.45, 7) is 3.86. The molecule has 0 amide bonds. The summed E-state index contributed by atoms with van der Waals surface area (Å²) >= 11 is 0. The van der Waals surface area contributed by atoms with Gasteiger partial charge in [0, 0.05) is 58.6 Å². The van der Waals surface area contributed by atoms with Crippen molar-refractivity contribution in [3.63, 3.8) is 0 Å². The summed E-state index contributed by atoms with van der Waals surface area (Å²) in [4.78, 5) is 11.0. The van der Waals surface area contributed by atoms with Crippen LogP contribution in [-0.4, -0.2) is 79.4 Å². The quantitative estimate of drug-likeness (QED) is 0.623. The smallest absolute Gasteiger partial charge is 0.193 e. The molecule has 2 aromatic rings. The second-order valence-electron chi connectivity index (χ2n) is 7.28. The lowest BCUT2D eigenvalue weighted by molar-refractivity contribution is 0.292. The maximum absolute atomic E-state index is 14.0. The van der Waals surface area contributed by atoms with Crippen molar-refractivity contribution in [2.75, 3.05) is 58.8 Å². The molecule has 28 heavy (non-hydrogen) atoms. The Morgan fingerprint density at radius 2 is 1.96 bits per heavy atom. The van der Waals surface area contributed by atoms with Crippen LogP contribution in [0.4, 0.5) is 10.1 Å². The molecule has 8 heteroatoms. The molecule has 0 bridgehead atoms. The molecule has 1 unspecified atom stereocenters. The van der Waals surface area contributed by atoms with Crippen LogP contribution in [0.3, 0.4) is 0 Å². The fourth-order valence-electron chi connectivity index (χ4n) is 3.60. The predicted molar refractivity (Wildman–Crippen MR) is 111 cm³/mol. The minimum Gasteiger partial charge on any atom is -0.366 e. The molecule has 0 radical (unpaired) electrons. The number of guanidine groups is 1. The molecule has 0 spiro atoms. The molecule has 1 atom stereocenters. The van der Waals surface area contributed by atoms with Crippen molar-refractivity contribution in [1.82, 2.24) is 24.9 Å². The highest BCUT2D eigenvalue weighted by Crippen LogP contribution is 2.20. The van der Waals surface area contributed by atoms with Gasteiger partial charge in [-0.25, -0.2) is 4.39 Å². The Morgan fingerprint density at radius 3 is 2.54 bits per heavy atom. The maximum atomic E-state index is 14.0. The van der Waals surface area contributed by atoms with Gasteiger partial charge in [-0.3, -0.25) is 9.67 Å². The van der Waals surface area contributed by atoms with Crippen molar-refractivity contribution >= 4 is 11.6 Å². The van der Waals surface area contributed by atoms with Gasteiger partial charge in [0.05, 0.1) is 17.9 Å². The molecule has 1 aliphatic rings. The number of hydrogen-bond acceptors (Lipinski definition) is 4. The van der Waals surface area contributed by atoms with Gasteiger partial charge < -0.3 is 20.0 Å². The third kappa shape index (κ3) is 4.62. The van der Waals surface area contributed by atoms with Crippen LogP contribution in [0.15, 0.2) is 41.7 Å². The summed E-state index contributed by atoms with van der Waals surface area (Å²) in [6.07, 6.45) is 3.95. The molecule has 1 aromatic heterocycles. The average molecular weight is 388 g/mol. The lowest BCUT2D eigenvalue weighted by Crippen LogP contribution is -2.53. The van der Waals surface area contributed by atoms with Gasteiger partial charge >= 0.3 is 0 Å². The van der Waals surface area contributed by atoms with Crippen LogP contribution in [-0.2, 0) is 7.05 Å². The molecule has 1 fully saturated rings. The minimum absolute atomic E-state index is 0.163. The van der Waals surface area contributed by atoms with E-state index in [1.807, 2.05) is 36.3 Å². The molecular weight excluding hydrogens is 357 g/mol. The summed E-state index contributed by atoms with van der Waals surface area (Å²) < 4.78 is 15.9. The fourth-order valence-corrected chi connectivity index (χ4v) is 3.60. The first-order valence-electron chi connectivity index (χ1n) is 9.59. The Morgan fingerprint density at radius 1 is 1.25 bits per heavy atom. The molecule has 1 N–H and O–H groups in total. The van der Waals surface area contributed by atoms with E-state index in [1.165, 1.54) is 11.6 Å². The van der Waals surface area contributed by atoms with E-state index in [0.29, 0.717) is 5.69 Å². The number of halogens is 1. The standard InChI is InChI=1S/C20H30FN7/c1-22-20(23-14-19(25(2)3)16-13-24-26(4)15-16)28-11-9-27(10-12-28)18-8-6-5-7-17(18)21/h5-8,13,15,19H,9-12,14H2,1-4H3,(H,22,23). The van der Waals surface area contributed by atoms with Crippen molar-refractivity contribution in [3.8, 4) is 0 Å². The lowest BCUT2D eigenvalue weighted by Gasteiger charge is -2.38. The van der Waals surface area contributed by atoms with Crippen molar-refractivity contribution in [2.24, 2.45) is 12.0 Å². The summed E-state index contributed by atoms with van der Waals surface area (Å²) in [7, 11) is 7.86. The van der Waals surface area contributed by atoms with Crippen LogP contribution < -0.4 is 10.2 Å². The van der Waals surface area contributed by atoms with Gasteiger partial charge in [-0.05, 0) is 26.2 Å². The predicted octanol–water partition coefficient (Wildman–Crippen LogP) is 1.56. The Labute approximate surface area is 166 Å². The minimum atomic E-state index is -0.163. The molecule has 1 saturated heterocycles. The van der Waals surface area contributed by atoms with Gasteiger partial charge in [0.25, 0.3) is 0 Å². The Bertz CT molecular complexity index is 793. The first-order chi connectivity index (χ1) is 13.5. The third-order valence-corrected chi connectivity index (χ3v) is 5.17. The zero-order valence-electron chi connectivity index (χ0n) is 17.1. The van der Waals surface area contributed by atoms with E-state index in [4.69, 9.17) is 0 Å². The maximum Gasteiger partial charge on any atom is 0.193 e. The number of nitrogens with one attached hydrogen (secondary N) is 1. The first-order valence-corrected chi connectivity index (χ1v) is 9.59. The highest BCUT2D eigenvalue weighted by Gasteiger charge is 2.23. The Hall–Kier alpha value is -2.61. The van der Waals surface area contributed by atoms with Crippen LogP contribution in [0.5, 0.6) is 0 Å². The topological polar surface area (TPSA) is 51.9 Å². The molecule has 3 rings (SSSR count). The first kappa shape index (κ1) is 20.1. The highest BCUT2D eigenvalue weighted by atomic mass is 19.1. The zero-order valence-corrected chi connectivity index (χ0v) is 17.1. The van der Waals surface area contributed by atoms with Gasteiger partial charge in [-0.1, -0.05) is 12.1 Å². The second-order valence-corrected chi connectivity index (χ2v) is 7.28. The zero-order chi connectivity index (χ0) is 20.1. The van der Waals surface area contributed by atoms with Crippen LogP contribution in [0.2, 0.25) is 0 Å². The van der Waals surface area contributed by atoms with E-state index < -0.39 is 0 Å². The van der Waals surface area contributed by atoms with E-state index in [2.05, 4.69) is 44.2 Å². The summed E-state index contributed by atoms with van der Waals surface area (Å²) in [5, 5.41) is 7.79. The Balaban J connectivity index is 1.58. The number of aryl methyl sites for hydroxylation is 1. The number of anilines is 1. The van der Waals surface area contributed by atoms with Gasteiger partial charge in [0.15, 0.2) is 5.96 Å². The van der Waals surface area contributed by atoms with Gasteiger partial charge in [0.2, 0.25) is 0 Å². The van der Waals surface area contributed by atoms with Gasteiger partial charge in [-0.15, -0.1) is 0 Å². The van der Waals surface area contributed by atoms with Crippen LogP contribution in [0.1, 0.15) is 11.6 Å². The number of piperazine rings is 1. The molecule has 1 aliphatic heterocycles. The van der Waals surface area contributed by atoms with E-state index >= 15 is 0 Å². The largest absolute Gasteiger partial charge is 0.366 e. The van der Waals surface area contributed by atoms with Crippen molar-refractivity contribution in [2.45, 2.75) is 6.04 Å². The van der Waals surface area contributed by atoms with Crippen molar-refractivity contribution < 1.29 is 4.39 Å². The van der Waals surface area contributed by atoms with Gasteiger partial charge in [0.1, 0.15) is 5.82 Å². The Kier molecular flexibility index (Phi) is 6.51. The van der Waals surface area contributed by atoms with E-state index in [0.717, 1.165) is 38.7 Å². The SMILES string of the molecule is CN=C(NCC(c1cnn(C)c1)N(C)C)N1CCN(c2ccccc2F)CC1. The van der Waals surface area contributed by atoms with Gasteiger partial charge in [-0.2, -0.15) is 5.10 Å². The number of aromatic nitrogens is 2. The molecular formula is C20H30FN7. The van der Waals surface area contributed by atoms with E-state index in [9.17, 15) is 4.39 Å². The number of aliphatic imine (C=N–C) groups is 1. The normalized spacial score (nSPS) is 16.6. The summed E-state index contributed by atoms with van der Waals surface area (Å²) in [5.41, 5.74) is 1.84.